The van der Waals surface area contributed by atoms with Crippen LogP contribution in [-0.4, -0.2) is 32.8 Å². The summed E-state index contributed by atoms with van der Waals surface area (Å²) < 4.78 is 0. The Balaban J connectivity index is 4.03. The molecule has 0 rings (SSSR count). The topological polar surface area (TPSA) is 36.1 Å². The summed E-state index contributed by atoms with van der Waals surface area (Å²) in [6, 6.07) is 0.582. The van der Waals surface area contributed by atoms with E-state index in [-0.39, 0.29) is 5.66 Å². The number of unbranched alkanes of at least 4 members (excludes halogenated alkanes) is 1. The molecule has 2 unspecified atom stereocenters. The Morgan fingerprint density at radius 1 is 1.00 bits per heavy atom. The van der Waals surface area contributed by atoms with Crippen LogP contribution in [0, 0.1) is 5.92 Å². The first-order valence-corrected chi connectivity index (χ1v) is 7.56. The van der Waals surface area contributed by atoms with Crippen LogP contribution in [-0.2, 0) is 0 Å². The maximum absolute atomic E-state index is 3.46. The van der Waals surface area contributed by atoms with Crippen LogP contribution < -0.4 is 16.0 Å². The van der Waals surface area contributed by atoms with Crippen molar-refractivity contribution < 1.29 is 0 Å². The Morgan fingerprint density at radius 2 is 1.61 bits per heavy atom. The second-order valence-corrected chi connectivity index (χ2v) is 5.85. The van der Waals surface area contributed by atoms with Gasteiger partial charge in [0.15, 0.2) is 0 Å². The summed E-state index contributed by atoms with van der Waals surface area (Å²) in [7, 11) is 6.12. The van der Waals surface area contributed by atoms with E-state index in [1.807, 2.05) is 14.1 Å². The highest BCUT2D eigenvalue weighted by Gasteiger charge is 2.23. The molecule has 0 heterocycles. The lowest BCUT2D eigenvalue weighted by molar-refractivity contribution is 0.254. The first-order valence-electron chi connectivity index (χ1n) is 7.56. The Hall–Kier alpha value is -0.120. The van der Waals surface area contributed by atoms with E-state index in [9.17, 15) is 0 Å². The average molecular weight is 257 g/mol. The van der Waals surface area contributed by atoms with Crippen molar-refractivity contribution in [1.29, 1.82) is 0 Å². The summed E-state index contributed by atoms with van der Waals surface area (Å²) in [4.78, 5) is 0. The molecule has 2 atom stereocenters. The molecule has 0 saturated carbocycles. The minimum Gasteiger partial charge on any atom is -0.317 e. The zero-order valence-electron chi connectivity index (χ0n) is 13.4. The number of rotatable bonds is 11. The molecule has 0 aromatic heterocycles. The van der Waals surface area contributed by atoms with E-state index < -0.39 is 0 Å². The van der Waals surface area contributed by atoms with Crippen LogP contribution in [0.4, 0.5) is 0 Å². The summed E-state index contributed by atoms with van der Waals surface area (Å²) in [6.45, 7) is 6.88. The van der Waals surface area contributed by atoms with Gasteiger partial charge in [-0.1, -0.05) is 33.1 Å². The monoisotopic (exact) mass is 257 g/mol. The van der Waals surface area contributed by atoms with Crippen LogP contribution >= 0.6 is 0 Å². The second-order valence-electron chi connectivity index (χ2n) is 5.85. The van der Waals surface area contributed by atoms with Crippen molar-refractivity contribution >= 4 is 0 Å². The van der Waals surface area contributed by atoms with E-state index in [0.717, 1.165) is 12.3 Å². The summed E-state index contributed by atoms with van der Waals surface area (Å²) in [5.74, 6) is 0.858. The lowest BCUT2D eigenvalue weighted by Crippen LogP contribution is -2.54. The molecule has 3 nitrogen and oxygen atoms in total. The maximum Gasteiger partial charge on any atom is 0.0668 e. The van der Waals surface area contributed by atoms with Gasteiger partial charge in [-0.25, -0.2) is 0 Å². The van der Waals surface area contributed by atoms with Gasteiger partial charge >= 0.3 is 0 Å². The van der Waals surface area contributed by atoms with Gasteiger partial charge in [0.1, 0.15) is 0 Å². The molecule has 18 heavy (non-hydrogen) atoms. The Kier molecular flexibility index (Phi) is 9.70. The minimum atomic E-state index is 0.0281. The van der Waals surface area contributed by atoms with Gasteiger partial charge in [-0.2, -0.15) is 0 Å². The molecule has 3 N–H and O–H groups in total. The van der Waals surface area contributed by atoms with Crippen LogP contribution in [0.5, 0.6) is 0 Å². The first kappa shape index (κ1) is 17.9. The fourth-order valence-corrected chi connectivity index (χ4v) is 2.35. The highest BCUT2D eigenvalue weighted by molar-refractivity contribution is 4.83. The zero-order valence-corrected chi connectivity index (χ0v) is 13.4. The van der Waals surface area contributed by atoms with Crippen molar-refractivity contribution in [2.24, 2.45) is 5.92 Å². The summed E-state index contributed by atoms with van der Waals surface area (Å²) in [5.41, 5.74) is 0.0281. The molecule has 0 spiro atoms. The number of hydrogen-bond acceptors (Lipinski definition) is 3. The predicted molar refractivity (Wildman–Crippen MR) is 81.9 cm³/mol. The largest absolute Gasteiger partial charge is 0.317 e. The first-order chi connectivity index (χ1) is 8.51. The van der Waals surface area contributed by atoms with Crippen molar-refractivity contribution in [2.75, 3.05) is 21.1 Å². The zero-order chi connectivity index (χ0) is 14.0. The standard InChI is InChI=1S/C15H35N3/c1-7-8-9-13(2)10-11-14(16-4)12-15(3,17-5)18-6/h13-14,16-18H,7-12H2,1-6H3. The SMILES string of the molecule is CCCCC(C)CCC(CC(C)(NC)NC)NC. The second kappa shape index (κ2) is 9.76. The van der Waals surface area contributed by atoms with Crippen LogP contribution in [0.2, 0.25) is 0 Å². The van der Waals surface area contributed by atoms with Gasteiger partial charge < -0.3 is 16.0 Å². The van der Waals surface area contributed by atoms with Gasteiger partial charge in [0.2, 0.25) is 0 Å². The number of hydrogen-bond donors (Lipinski definition) is 3. The Morgan fingerprint density at radius 3 is 2.06 bits per heavy atom. The van der Waals surface area contributed by atoms with Crippen LogP contribution in [0.1, 0.15) is 59.3 Å². The third-order valence-electron chi connectivity index (χ3n) is 4.22. The lowest BCUT2D eigenvalue weighted by Gasteiger charge is -2.33. The molecule has 0 aliphatic rings. The van der Waals surface area contributed by atoms with E-state index in [2.05, 4.69) is 43.8 Å². The van der Waals surface area contributed by atoms with Gasteiger partial charge in [0.05, 0.1) is 5.66 Å². The van der Waals surface area contributed by atoms with Gasteiger partial charge in [0, 0.05) is 6.04 Å². The van der Waals surface area contributed by atoms with Crippen LogP contribution in [0.25, 0.3) is 0 Å². The Labute approximate surface area is 114 Å². The van der Waals surface area contributed by atoms with Crippen molar-refractivity contribution in [3.63, 3.8) is 0 Å². The van der Waals surface area contributed by atoms with Crippen molar-refractivity contribution in [2.45, 2.75) is 71.0 Å². The van der Waals surface area contributed by atoms with Gasteiger partial charge in [-0.3, -0.25) is 0 Å². The average Bonchev–Trinajstić information content (AvgIpc) is 2.40. The van der Waals surface area contributed by atoms with Crippen molar-refractivity contribution in [1.82, 2.24) is 16.0 Å². The molecular weight excluding hydrogens is 222 g/mol. The van der Waals surface area contributed by atoms with E-state index in [0.29, 0.717) is 6.04 Å². The van der Waals surface area contributed by atoms with Gasteiger partial charge in [0.25, 0.3) is 0 Å². The molecule has 0 bridgehead atoms. The highest BCUT2D eigenvalue weighted by Crippen LogP contribution is 2.18. The maximum atomic E-state index is 3.46. The van der Waals surface area contributed by atoms with Crippen molar-refractivity contribution in [3.8, 4) is 0 Å². The molecular formula is C15H35N3. The third kappa shape index (κ3) is 7.34. The highest BCUT2D eigenvalue weighted by atomic mass is 15.2. The van der Waals surface area contributed by atoms with E-state index in [1.54, 1.807) is 0 Å². The molecule has 110 valence electrons. The molecule has 0 amide bonds. The fraction of sp³-hybridized carbons (Fsp3) is 1.00. The number of nitrogens with one attached hydrogen (secondary N) is 3. The lowest BCUT2D eigenvalue weighted by atomic mass is 9.92. The van der Waals surface area contributed by atoms with E-state index in [1.165, 1.54) is 32.1 Å². The predicted octanol–water partition coefficient (Wildman–Crippen LogP) is 2.73. The molecule has 3 heteroatoms. The molecule has 0 aliphatic carbocycles. The summed E-state index contributed by atoms with van der Waals surface area (Å²) >= 11 is 0. The minimum absolute atomic E-state index is 0.0281. The van der Waals surface area contributed by atoms with Crippen LogP contribution in [0.15, 0.2) is 0 Å². The third-order valence-corrected chi connectivity index (χ3v) is 4.22. The van der Waals surface area contributed by atoms with Gasteiger partial charge in [-0.05, 0) is 53.2 Å². The van der Waals surface area contributed by atoms with Crippen molar-refractivity contribution in [3.05, 3.63) is 0 Å². The molecule has 0 aromatic carbocycles. The van der Waals surface area contributed by atoms with Crippen LogP contribution in [0.3, 0.4) is 0 Å². The fourth-order valence-electron chi connectivity index (χ4n) is 2.35. The van der Waals surface area contributed by atoms with Gasteiger partial charge in [-0.15, -0.1) is 0 Å². The Bertz CT molecular complexity index is 190. The smallest absolute Gasteiger partial charge is 0.0668 e. The molecule has 0 aliphatic heterocycles. The summed E-state index contributed by atoms with van der Waals surface area (Å²) in [5, 5.41) is 10.2. The molecule has 0 radical (unpaired) electrons. The van der Waals surface area contributed by atoms with E-state index >= 15 is 0 Å². The molecule has 0 saturated heterocycles. The van der Waals surface area contributed by atoms with E-state index in [4.69, 9.17) is 0 Å². The molecule has 0 aromatic rings. The summed E-state index contributed by atoms with van der Waals surface area (Å²) in [6.07, 6.45) is 7.77. The normalized spacial score (nSPS) is 15.7. The quantitative estimate of drug-likeness (QED) is 0.498. The molecule has 0 fully saturated rings.